The number of likely N-dealkylation sites (tertiary alicyclic amines) is 1. The average molecular weight is 486 g/mol. The molecule has 5 rings (SSSR count). The number of pyridine rings is 1. The van der Waals surface area contributed by atoms with Crippen LogP contribution in [0.25, 0.3) is 10.9 Å². The molecule has 2 aromatic carbocycles. The number of piperidine rings is 1. The summed E-state index contributed by atoms with van der Waals surface area (Å²) in [6.45, 7) is 4.55. The molecule has 4 aromatic rings. The predicted molar refractivity (Wildman–Crippen MR) is 139 cm³/mol. The third-order valence-corrected chi connectivity index (χ3v) is 7.55. The number of aryl methyl sites for hydroxylation is 1. The Morgan fingerprint density at radius 3 is 2.69 bits per heavy atom. The van der Waals surface area contributed by atoms with E-state index in [0.717, 1.165) is 43.4 Å². The lowest BCUT2D eigenvalue weighted by Crippen LogP contribution is -2.47. The topological polar surface area (TPSA) is 49.6 Å². The van der Waals surface area contributed by atoms with Crippen molar-refractivity contribution < 1.29 is 13.6 Å². The van der Waals surface area contributed by atoms with Crippen molar-refractivity contribution in [2.24, 2.45) is 5.92 Å². The number of rotatable bonds is 7. The first-order chi connectivity index (χ1) is 17.5. The van der Waals surface area contributed by atoms with Crippen molar-refractivity contribution >= 4 is 16.8 Å². The number of furan rings is 1. The maximum Gasteiger partial charge on any atom is 0.257 e. The Labute approximate surface area is 211 Å². The van der Waals surface area contributed by atoms with Gasteiger partial charge in [-0.15, -0.1) is 0 Å². The van der Waals surface area contributed by atoms with Crippen LogP contribution in [0, 0.1) is 18.7 Å². The molecule has 36 heavy (non-hydrogen) atoms. The molecule has 0 bridgehead atoms. The van der Waals surface area contributed by atoms with Crippen LogP contribution in [0.5, 0.6) is 0 Å². The van der Waals surface area contributed by atoms with Crippen molar-refractivity contribution in [3.8, 4) is 0 Å². The molecule has 5 nitrogen and oxygen atoms in total. The van der Waals surface area contributed by atoms with Gasteiger partial charge in [-0.3, -0.25) is 14.7 Å². The van der Waals surface area contributed by atoms with Crippen LogP contribution in [0.4, 0.5) is 4.39 Å². The molecule has 0 N–H and O–H groups in total. The summed E-state index contributed by atoms with van der Waals surface area (Å²) in [7, 11) is 1.84. The Morgan fingerprint density at radius 1 is 1.14 bits per heavy atom. The largest absolute Gasteiger partial charge is 0.469 e. The molecule has 186 valence electrons. The van der Waals surface area contributed by atoms with Crippen LogP contribution in [0.2, 0.25) is 0 Å². The van der Waals surface area contributed by atoms with Crippen molar-refractivity contribution in [1.29, 1.82) is 0 Å². The Hall–Kier alpha value is -3.51. The van der Waals surface area contributed by atoms with E-state index < -0.39 is 0 Å². The van der Waals surface area contributed by atoms with Crippen LogP contribution in [0.15, 0.2) is 77.5 Å². The molecule has 1 aliphatic heterocycles. The lowest BCUT2D eigenvalue weighted by molar-refractivity contribution is 0.0582. The quantitative estimate of drug-likeness (QED) is 0.328. The number of benzene rings is 2. The number of nitrogens with zero attached hydrogens (tertiary/aromatic N) is 3. The monoisotopic (exact) mass is 485 g/mol. The van der Waals surface area contributed by atoms with Crippen LogP contribution in [-0.4, -0.2) is 46.9 Å². The van der Waals surface area contributed by atoms with Crippen molar-refractivity contribution in [3.63, 3.8) is 0 Å². The number of aromatic nitrogens is 1. The minimum absolute atomic E-state index is 0.0753. The van der Waals surface area contributed by atoms with Gasteiger partial charge in [0.2, 0.25) is 0 Å². The lowest BCUT2D eigenvalue weighted by Gasteiger charge is -2.40. The second kappa shape index (κ2) is 10.6. The molecular formula is C30H32FN3O2. The highest BCUT2D eigenvalue weighted by Crippen LogP contribution is 2.29. The third kappa shape index (κ3) is 5.19. The smallest absolute Gasteiger partial charge is 0.257 e. The maximum atomic E-state index is 14.6. The number of carbonyl (C=O) groups is 1. The van der Waals surface area contributed by atoms with Gasteiger partial charge in [-0.25, -0.2) is 4.39 Å². The summed E-state index contributed by atoms with van der Waals surface area (Å²) >= 11 is 0. The molecule has 0 radical (unpaired) electrons. The molecule has 1 amide bonds. The Kier molecular flexibility index (Phi) is 7.14. The van der Waals surface area contributed by atoms with Gasteiger partial charge in [-0.1, -0.05) is 36.4 Å². The lowest BCUT2D eigenvalue weighted by atomic mass is 9.84. The summed E-state index contributed by atoms with van der Waals surface area (Å²) in [4.78, 5) is 22.1. The maximum absolute atomic E-state index is 14.6. The van der Waals surface area contributed by atoms with E-state index in [0.29, 0.717) is 23.3 Å². The summed E-state index contributed by atoms with van der Waals surface area (Å²) < 4.78 is 20.0. The van der Waals surface area contributed by atoms with Gasteiger partial charge < -0.3 is 9.32 Å². The van der Waals surface area contributed by atoms with Crippen molar-refractivity contribution in [3.05, 3.63) is 101 Å². The fraction of sp³-hybridized carbons (Fsp3) is 0.333. The van der Waals surface area contributed by atoms with Crippen molar-refractivity contribution in [1.82, 2.24) is 14.8 Å². The van der Waals surface area contributed by atoms with E-state index >= 15 is 0 Å². The van der Waals surface area contributed by atoms with Crippen LogP contribution in [-0.2, 0) is 13.0 Å². The van der Waals surface area contributed by atoms with Crippen LogP contribution in [0.3, 0.4) is 0 Å². The third-order valence-electron chi connectivity index (χ3n) is 7.55. The van der Waals surface area contributed by atoms with Crippen LogP contribution < -0.4 is 0 Å². The number of carbonyl (C=O) groups excluding carboxylic acids is 1. The summed E-state index contributed by atoms with van der Waals surface area (Å²) in [5.74, 6) is 0.593. The summed E-state index contributed by atoms with van der Waals surface area (Å²) in [6, 6.07) is 19.0. The molecule has 1 aliphatic rings. The summed E-state index contributed by atoms with van der Waals surface area (Å²) in [6.07, 6.45) is 5.77. The number of amides is 1. The van der Waals surface area contributed by atoms with E-state index in [2.05, 4.69) is 34.1 Å². The van der Waals surface area contributed by atoms with E-state index in [4.69, 9.17) is 4.42 Å². The van der Waals surface area contributed by atoms with E-state index in [1.165, 1.54) is 11.6 Å². The standard InChI is InChI=1S/C30H32FN3O2/c1-21-26(13-17-36-21)30(35)33(2)29(19-25-6-3-4-8-27(25)31)24-11-15-34(16-12-24)20-22-9-10-23-7-5-14-32-28(23)18-22/h3-10,13-14,17-18,24,29H,11-12,15-16,19-20H2,1-2H3/t29-/m0/s1. The SMILES string of the molecule is Cc1occc1C(=O)N(C)[C@@H](Cc1ccccc1F)C1CCN(Cc2ccc3cccnc3c2)CC1. The fourth-order valence-corrected chi connectivity index (χ4v) is 5.42. The molecular weight excluding hydrogens is 453 g/mol. The number of fused-ring (bicyclic) bond motifs is 1. The molecule has 6 heteroatoms. The number of hydrogen-bond donors (Lipinski definition) is 0. The van der Waals surface area contributed by atoms with Gasteiger partial charge in [0.25, 0.3) is 5.91 Å². The van der Waals surface area contributed by atoms with Crippen molar-refractivity contribution in [2.75, 3.05) is 20.1 Å². The molecule has 1 fully saturated rings. The highest BCUT2D eigenvalue weighted by atomic mass is 19.1. The highest BCUT2D eigenvalue weighted by molar-refractivity contribution is 5.95. The predicted octanol–water partition coefficient (Wildman–Crippen LogP) is 5.87. The Morgan fingerprint density at radius 2 is 1.94 bits per heavy atom. The van der Waals surface area contributed by atoms with Gasteiger partial charge in [0.1, 0.15) is 11.6 Å². The number of hydrogen-bond acceptors (Lipinski definition) is 4. The normalized spacial score (nSPS) is 15.8. The average Bonchev–Trinajstić information content (AvgIpc) is 3.33. The van der Waals surface area contributed by atoms with E-state index in [1.807, 2.05) is 31.4 Å². The second-order valence-electron chi connectivity index (χ2n) is 9.81. The molecule has 1 saturated heterocycles. The molecule has 2 aromatic heterocycles. The summed E-state index contributed by atoms with van der Waals surface area (Å²) in [5, 5.41) is 1.15. The summed E-state index contributed by atoms with van der Waals surface area (Å²) in [5.41, 5.74) is 3.49. The zero-order chi connectivity index (χ0) is 25.1. The van der Waals surface area contributed by atoms with E-state index in [1.54, 1.807) is 30.2 Å². The zero-order valence-electron chi connectivity index (χ0n) is 20.9. The molecule has 1 atom stereocenters. The number of likely N-dealkylation sites (N-methyl/N-ethyl adjacent to an activating group) is 1. The van der Waals surface area contributed by atoms with E-state index in [-0.39, 0.29) is 23.7 Å². The second-order valence-corrected chi connectivity index (χ2v) is 9.81. The first-order valence-corrected chi connectivity index (χ1v) is 12.6. The zero-order valence-corrected chi connectivity index (χ0v) is 20.9. The molecule has 0 unspecified atom stereocenters. The minimum Gasteiger partial charge on any atom is -0.469 e. The van der Waals surface area contributed by atoms with Gasteiger partial charge in [0.05, 0.1) is 17.3 Å². The number of halogens is 1. The van der Waals surface area contributed by atoms with Gasteiger partial charge in [0, 0.05) is 31.2 Å². The fourth-order valence-electron chi connectivity index (χ4n) is 5.42. The Bertz CT molecular complexity index is 1340. The van der Waals surface area contributed by atoms with Gasteiger partial charge in [-0.05, 0) is 80.6 Å². The van der Waals surface area contributed by atoms with Crippen LogP contribution >= 0.6 is 0 Å². The van der Waals surface area contributed by atoms with Crippen LogP contribution in [0.1, 0.15) is 40.1 Å². The molecule has 0 aliphatic carbocycles. The highest BCUT2D eigenvalue weighted by Gasteiger charge is 2.33. The molecule has 3 heterocycles. The first kappa shape index (κ1) is 24.2. The van der Waals surface area contributed by atoms with Gasteiger partial charge in [-0.2, -0.15) is 0 Å². The molecule has 0 spiro atoms. The first-order valence-electron chi connectivity index (χ1n) is 12.6. The van der Waals surface area contributed by atoms with Crippen molar-refractivity contribution in [2.45, 2.75) is 38.8 Å². The van der Waals surface area contributed by atoms with Gasteiger partial charge in [0.15, 0.2) is 0 Å². The molecule has 0 saturated carbocycles. The minimum atomic E-state index is -0.217. The Balaban J connectivity index is 1.30. The van der Waals surface area contributed by atoms with Gasteiger partial charge >= 0.3 is 0 Å². The van der Waals surface area contributed by atoms with E-state index in [9.17, 15) is 9.18 Å².